The lowest BCUT2D eigenvalue weighted by molar-refractivity contribution is 0.482. The van der Waals surface area contributed by atoms with Gasteiger partial charge in [0, 0.05) is 36.0 Å². The summed E-state index contributed by atoms with van der Waals surface area (Å²) in [6.45, 7) is 1.97. The normalized spacial score (nSPS) is 12.7. The van der Waals surface area contributed by atoms with Gasteiger partial charge in [-0.25, -0.2) is 13.2 Å². The van der Waals surface area contributed by atoms with Gasteiger partial charge in [-0.3, -0.25) is 5.10 Å². The minimum atomic E-state index is -1.18. The fourth-order valence-electron chi connectivity index (χ4n) is 1.58. The van der Waals surface area contributed by atoms with Crippen LogP contribution in [0.25, 0.3) is 0 Å². The Morgan fingerprint density at radius 1 is 1.22 bits per heavy atom. The van der Waals surface area contributed by atoms with E-state index in [1.165, 1.54) is 0 Å². The highest BCUT2D eigenvalue weighted by Crippen LogP contribution is 2.15. The molecule has 0 saturated carbocycles. The first-order chi connectivity index (χ1) is 8.58. The van der Waals surface area contributed by atoms with Crippen molar-refractivity contribution in [3.05, 3.63) is 53.1 Å². The fourth-order valence-corrected chi connectivity index (χ4v) is 1.58. The van der Waals surface area contributed by atoms with Gasteiger partial charge in [-0.05, 0) is 13.0 Å². The van der Waals surface area contributed by atoms with Gasteiger partial charge in [-0.15, -0.1) is 0 Å². The molecule has 1 aromatic carbocycles. The average molecular weight is 255 g/mol. The van der Waals surface area contributed by atoms with Gasteiger partial charge in [0.15, 0.2) is 11.6 Å². The first-order valence-corrected chi connectivity index (χ1v) is 5.43. The Kier molecular flexibility index (Phi) is 3.66. The standard InChI is InChI=1S/C12H12F3N3/c1-7(9-5-17-18-6-9)16-4-8-2-11(14)12(15)3-10(8)13/h2-3,5-7,16H,4H2,1H3,(H,17,18). The molecule has 6 heteroatoms. The van der Waals surface area contributed by atoms with Gasteiger partial charge in [0.1, 0.15) is 5.82 Å². The van der Waals surface area contributed by atoms with Crippen molar-refractivity contribution >= 4 is 0 Å². The van der Waals surface area contributed by atoms with E-state index in [1.807, 2.05) is 6.92 Å². The smallest absolute Gasteiger partial charge is 0.161 e. The van der Waals surface area contributed by atoms with Crippen LogP contribution in [-0.4, -0.2) is 10.2 Å². The zero-order valence-corrected chi connectivity index (χ0v) is 9.67. The van der Waals surface area contributed by atoms with E-state index in [0.29, 0.717) is 6.07 Å². The highest BCUT2D eigenvalue weighted by molar-refractivity contribution is 5.20. The van der Waals surface area contributed by atoms with E-state index in [9.17, 15) is 13.2 Å². The topological polar surface area (TPSA) is 40.7 Å². The van der Waals surface area contributed by atoms with Gasteiger partial charge in [0.2, 0.25) is 0 Å². The first kappa shape index (κ1) is 12.6. The molecule has 18 heavy (non-hydrogen) atoms. The number of aromatic nitrogens is 2. The number of rotatable bonds is 4. The van der Waals surface area contributed by atoms with Crippen LogP contribution in [0.3, 0.4) is 0 Å². The highest BCUT2D eigenvalue weighted by atomic mass is 19.2. The SMILES string of the molecule is CC(NCc1cc(F)c(F)cc1F)c1cn[nH]c1. The maximum Gasteiger partial charge on any atom is 0.161 e. The maximum atomic E-state index is 13.4. The first-order valence-electron chi connectivity index (χ1n) is 5.43. The molecule has 96 valence electrons. The molecule has 0 fully saturated rings. The highest BCUT2D eigenvalue weighted by Gasteiger charge is 2.11. The van der Waals surface area contributed by atoms with Gasteiger partial charge >= 0.3 is 0 Å². The van der Waals surface area contributed by atoms with Crippen LogP contribution in [0.15, 0.2) is 24.5 Å². The summed E-state index contributed by atoms with van der Waals surface area (Å²) >= 11 is 0. The van der Waals surface area contributed by atoms with Crippen LogP contribution in [0.4, 0.5) is 13.2 Å². The van der Waals surface area contributed by atoms with Crippen molar-refractivity contribution in [2.24, 2.45) is 0 Å². The number of hydrogen-bond acceptors (Lipinski definition) is 2. The Morgan fingerprint density at radius 3 is 2.61 bits per heavy atom. The third-order valence-electron chi connectivity index (χ3n) is 2.71. The number of halogens is 3. The number of nitrogens with zero attached hydrogens (tertiary/aromatic N) is 1. The lowest BCUT2D eigenvalue weighted by atomic mass is 10.1. The van der Waals surface area contributed by atoms with Crippen LogP contribution in [0.1, 0.15) is 24.1 Å². The van der Waals surface area contributed by atoms with Crippen molar-refractivity contribution < 1.29 is 13.2 Å². The molecule has 2 N–H and O–H groups in total. The summed E-state index contributed by atoms with van der Waals surface area (Å²) < 4.78 is 39.1. The van der Waals surface area contributed by atoms with E-state index >= 15 is 0 Å². The zero-order chi connectivity index (χ0) is 13.1. The summed E-state index contributed by atoms with van der Waals surface area (Å²) in [5.74, 6) is -3.00. The molecule has 3 nitrogen and oxygen atoms in total. The molecule has 2 rings (SSSR count). The van der Waals surface area contributed by atoms with E-state index < -0.39 is 17.5 Å². The van der Waals surface area contributed by atoms with E-state index in [4.69, 9.17) is 0 Å². The van der Waals surface area contributed by atoms with Crippen molar-refractivity contribution in [2.45, 2.75) is 19.5 Å². The molecule has 0 aliphatic heterocycles. The largest absolute Gasteiger partial charge is 0.306 e. The molecule has 0 aliphatic carbocycles. The second-order valence-electron chi connectivity index (χ2n) is 3.99. The maximum absolute atomic E-state index is 13.4. The lowest BCUT2D eigenvalue weighted by Crippen LogP contribution is -2.18. The van der Waals surface area contributed by atoms with Crippen LogP contribution < -0.4 is 5.32 Å². The monoisotopic (exact) mass is 255 g/mol. The minimum absolute atomic E-state index is 0.0729. The molecule has 1 unspecified atom stereocenters. The van der Waals surface area contributed by atoms with Gasteiger partial charge in [0.25, 0.3) is 0 Å². The molecular weight excluding hydrogens is 243 g/mol. The van der Waals surface area contributed by atoms with Crippen LogP contribution in [0.2, 0.25) is 0 Å². The summed E-state index contributed by atoms with van der Waals surface area (Å²) in [5, 5.41) is 9.46. The number of aromatic amines is 1. The molecule has 0 spiro atoms. The molecule has 1 atom stereocenters. The number of nitrogens with one attached hydrogen (secondary N) is 2. The third kappa shape index (κ3) is 2.70. The van der Waals surface area contributed by atoms with Gasteiger partial charge < -0.3 is 5.32 Å². The lowest BCUT2D eigenvalue weighted by Gasteiger charge is -2.12. The molecule has 2 aromatic rings. The molecule has 1 heterocycles. The quantitative estimate of drug-likeness (QED) is 0.825. The molecule has 0 saturated heterocycles. The Morgan fingerprint density at radius 2 is 1.94 bits per heavy atom. The zero-order valence-electron chi connectivity index (χ0n) is 9.67. The Labute approximate surface area is 102 Å². The number of benzene rings is 1. The molecule has 1 aromatic heterocycles. The molecule has 0 aliphatic rings. The Balaban J connectivity index is 2.04. The van der Waals surface area contributed by atoms with Crippen LogP contribution in [0, 0.1) is 17.5 Å². The summed E-state index contributed by atoms with van der Waals surface area (Å²) in [6.07, 6.45) is 3.35. The fraction of sp³-hybridized carbons (Fsp3) is 0.250. The van der Waals surface area contributed by atoms with Crippen LogP contribution in [0.5, 0.6) is 0 Å². The molecular formula is C12H12F3N3. The van der Waals surface area contributed by atoms with E-state index in [2.05, 4.69) is 15.5 Å². The minimum Gasteiger partial charge on any atom is -0.306 e. The number of H-pyrrole nitrogens is 1. The molecule has 0 radical (unpaired) electrons. The van der Waals surface area contributed by atoms with Crippen LogP contribution >= 0.6 is 0 Å². The Hall–Kier alpha value is -1.82. The number of hydrogen-bond donors (Lipinski definition) is 2. The van der Waals surface area contributed by atoms with Crippen molar-refractivity contribution in [1.29, 1.82) is 0 Å². The third-order valence-corrected chi connectivity index (χ3v) is 2.71. The second-order valence-corrected chi connectivity index (χ2v) is 3.99. The second kappa shape index (κ2) is 5.22. The summed E-state index contributed by atoms with van der Waals surface area (Å²) in [7, 11) is 0. The van der Waals surface area contributed by atoms with Gasteiger partial charge in [-0.2, -0.15) is 5.10 Å². The predicted molar refractivity (Wildman–Crippen MR) is 60.2 cm³/mol. The average Bonchev–Trinajstić information content (AvgIpc) is 2.85. The summed E-state index contributed by atoms with van der Waals surface area (Å²) in [4.78, 5) is 0. The predicted octanol–water partition coefficient (Wildman–Crippen LogP) is 2.68. The summed E-state index contributed by atoms with van der Waals surface area (Å²) in [6, 6.07) is 1.34. The van der Waals surface area contributed by atoms with Crippen molar-refractivity contribution in [2.75, 3.05) is 0 Å². The van der Waals surface area contributed by atoms with E-state index in [-0.39, 0.29) is 18.2 Å². The van der Waals surface area contributed by atoms with Crippen molar-refractivity contribution in [3.63, 3.8) is 0 Å². The summed E-state index contributed by atoms with van der Waals surface area (Å²) in [5.41, 5.74) is 0.988. The molecule has 0 amide bonds. The van der Waals surface area contributed by atoms with Gasteiger partial charge in [-0.1, -0.05) is 0 Å². The van der Waals surface area contributed by atoms with Crippen molar-refractivity contribution in [1.82, 2.24) is 15.5 Å². The van der Waals surface area contributed by atoms with E-state index in [0.717, 1.165) is 11.6 Å². The Bertz CT molecular complexity index is 526. The van der Waals surface area contributed by atoms with Gasteiger partial charge in [0.05, 0.1) is 6.20 Å². The molecule has 0 bridgehead atoms. The van der Waals surface area contributed by atoms with Crippen LogP contribution in [-0.2, 0) is 6.54 Å². The van der Waals surface area contributed by atoms with E-state index in [1.54, 1.807) is 12.4 Å². The van der Waals surface area contributed by atoms with Crippen molar-refractivity contribution in [3.8, 4) is 0 Å².